The molecule has 0 aromatic carbocycles. The predicted molar refractivity (Wildman–Crippen MR) is 65.5 cm³/mol. The summed E-state index contributed by atoms with van der Waals surface area (Å²) in [6, 6.07) is 1.53. The van der Waals surface area contributed by atoms with Crippen LogP contribution in [-0.2, 0) is 9.47 Å². The highest BCUT2D eigenvalue weighted by Gasteiger charge is 2.42. The molecule has 1 aromatic heterocycles. The number of hydrogen-bond acceptors (Lipinski definition) is 5. The highest BCUT2D eigenvalue weighted by Crippen LogP contribution is 2.37. The molecule has 6 heteroatoms. The summed E-state index contributed by atoms with van der Waals surface area (Å²) in [4.78, 5) is 11.7. The molecule has 1 spiro atoms. The Morgan fingerprint density at radius 1 is 1.42 bits per heavy atom. The van der Waals surface area contributed by atoms with Crippen molar-refractivity contribution < 1.29 is 18.8 Å². The second-order valence-electron chi connectivity index (χ2n) is 5.11. The van der Waals surface area contributed by atoms with Crippen LogP contribution in [0.2, 0.25) is 0 Å². The van der Waals surface area contributed by atoms with E-state index in [1.165, 1.54) is 18.7 Å². The van der Waals surface area contributed by atoms with E-state index in [-0.39, 0.29) is 23.6 Å². The van der Waals surface area contributed by atoms with Gasteiger partial charge >= 0.3 is 0 Å². The van der Waals surface area contributed by atoms with E-state index in [9.17, 15) is 4.79 Å². The molecule has 1 atom stereocenters. The molecule has 6 nitrogen and oxygen atoms in total. The molecule has 19 heavy (non-hydrogen) atoms. The highest BCUT2D eigenvalue weighted by molar-refractivity contribution is 5.91. The van der Waals surface area contributed by atoms with Gasteiger partial charge in [0.2, 0.25) is 5.76 Å². The molecule has 0 radical (unpaired) electrons. The van der Waals surface area contributed by atoms with Crippen molar-refractivity contribution in [2.45, 2.75) is 44.0 Å². The molecule has 1 saturated heterocycles. The minimum absolute atomic E-state index is 0.0787. The number of aromatic nitrogens is 1. The third-order valence-corrected chi connectivity index (χ3v) is 3.68. The second-order valence-corrected chi connectivity index (χ2v) is 5.11. The first-order valence-corrected chi connectivity index (χ1v) is 6.78. The standard InChI is InChI=1S/C13H18N2O4/c16-12(11-4-7-15-19-11)14-8-10-9-17-13(18-10)5-2-1-3-6-13/h4,7,10H,1-3,5-6,8-9H2,(H,14,16)/t10-/m0/s1. The summed E-state index contributed by atoms with van der Waals surface area (Å²) in [6.07, 6.45) is 6.83. The van der Waals surface area contributed by atoms with Crippen molar-refractivity contribution in [3.63, 3.8) is 0 Å². The van der Waals surface area contributed by atoms with E-state index < -0.39 is 0 Å². The van der Waals surface area contributed by atoms with Crippen LogP contribution in [0.4, 0.5) is 0 Å². The smallest absolute Gasteiger partial charge is 0.289 e. The van der Waals surface area contributed by atoms with Gasteiger partial charge in [-0.25, -0.2) is 0 Å². The summed E-state index contributed by atoms with van der Waals surface area (Å²) in [6.45, 7) is 0.970. The lowest BCUT2D eigenvalue weighted by Gasteiger charge is -2.31. The van der Waals surface area contributed by atoms with Crippen molar-refractivity contribution in [3.05, 3.63) is 18.0 Å². The lowest BCUT2D eigenvalue weighted by Crippen LogP contribution is -2.37. The number of hydrogen-bond donors (Lipinski definition) is 1. The molecule has 0 bridgehead atoms. The molecule has 2 heterocycles. The van der Waals surface area contributed by atoms with Crippen LogP contribution in [0.15, 0.2) is 16.8 Å². The lowest BCUT2D eigenvalue weighted by atomic mass is 9.94. The van der Waals surface area contributed by atoms with Crippen LogP contribution in [0.25, 0.3) is 0 Å². The zero-order valence-electron chi connectivity index (χ0n) is 10.8. The number of amides is 1. The van der Waals surface area contributed by atoms with Crippen LogP contribution in [0.5, 0.6) is 0 Å². The normalized spacial score (nSPS) is 25.6. The maximum absolute atomic E-state index is 11.7. The molecular formula is C13H18N2O4. The van der Waals surface area contributed by atoms with Gasteiger partial charge in [-0.05, 0) is 12.8 Å². The van der Waals surface area contributed by atoms with Gasteiger partial charge in [-0.2, -0.15) is 0 Å². The van der Waals surface area contributed by atoms with E-state index in [0.717, 1.165) is 25.7 Å². The third-order valence-electron chi connectivity index (χ3n) is 3.68. The summed E-state index contributed by atoms with van der Waals surface area (Å²) in [7, 11) is 0. The van der Waals surface area contributed by atoms with E-state index in [1.54, 1.807) is 0 Å². The van der Waals surface area contributed by atoms with Gasteiger partial charge < -0.3 is 19.3 Å². The minimum atomic E-state index is -0.389. The number of carbonyl (C=O) groups excluding carboxylic acids is 1. The quantitative estimate of drug-likeness (QED) is 0.897. The number of carbonyl (C=O) groups is 1. The molecule has 1 N–H and O–H groups in total. The van der Waals surface area contributed by atoms with Gasteiger partial charge in [-0.15, -0.1) is 0 Å². The Balaban J connectivity index is 1.48. The largest absolute Gasteiger partial charge is 0.351 e. The summed E-state index contributed by atoms with van der Waals surface area (Å²) >= 11 is 0. The zero-order valence-corrected chi connectivity index (χ0v) is 10.8. The Morgan fingerprint density at radius 2 is 2.26 bits per heavy atom. The van der Waals surface area contributed by atoms with Crippen molar-refractivity contribution >= 4 is 5.91 Å². The van der Waals surface area contributed by atoms with Crippen LogP contribution in [-0.4, -0.2) is 36.1 Å². The molecule has 1 saturated carbocycles. The van der Waals surface area contributed by atoms with Gasteiger partial charge in [-0.3, -0.25) is 4.79 Å². The van der Waals surface area contributed by atoms with Gasteiger partial charge in [0.1, 0.15) is 6.10 Å². The lowest BCUT2D eigenvalue weighted by molar-refractivity contribution is -0.186. The van der Waals surface area contributed by atoms with Crippen LogP contribution in [0.1, 0.15) is 42.7 Å². The van der Waals surface area contributed by atoms with E-state index in [1.807, 2.05) is 0 Å². The molecule has 104 valence electrons. The fraction of sp³-hybridized carbons (Fsp3) is 0.692. The second kappa shape index (κ2) is 5.30. The maximum atomic E-state index is 11.7. The fourth-order valence-corrected chi connectivity index (χ4v) is 2.70. The van der Waals surface area contributed by atoms with Crippen molar-refractivity contribution in [2.75, 3.05) is 13.2 Å². The van der Waals surface area contributed by atoms with Gasteiger partial charge in [0.15, 0.2) is 5.79 Å². The summed E-state index contributed by atoms with van der Waals surface area (Å²) in [5.41, 5.74) is 0. The molecule has 1 aromatic rings. The summed E-state index contributed by atoms with van der Waals surface area (Å²) in [5.74, 6) is -0.447. The van der Waals surface area contributed by atoms with E-state index in [2.05, 4.69) is 10.5 Å². The number of ether oxygens (including phenoxy) is 2. The first-order valence-electron chi connectivity index (χ1n) is 6.78. The SMILES string of the molecule is O=C(NC[C@H]1COC2(CCCCC2)O1)c1ccno1. The Hall–Kier alpha value is -1.40. The summed E-state index contributed by atoms with van der Waals surface area (Å²) in [5, 5.41) is 6.27. The van der Waals surface area contributed by atoms with E-state index in [0.29, 0.717) is 13.2 Å². The molecule has 2 fully saturated rings. The Morgan fingerprint density at radius 3 is 3.00 bits per heavy atom. The van der Waals surface area contributed by atoms with Gasteiger partial charge in [0.25, 0.3) is 5.91 Å². The first kappa shape index (κ1) is 12.6. The van der Waals surface area contributed by atoms with Crippen molar-refractivity contribution in [3.8, 4) is 0 Å². The predicted octanol–water partition coefficient (Wildman–Crippen LogP) is 1.48. The van der Waals surface area contributed by atoms with Crippen LogP contribution < -0.4 is 5.32 Å². The average Bonchev–Trinajstić information content (AvgIpc) is 3.08. The summed E-state index contributed by atoms with van der Waals surface area (Å²) < 4.78 is 16.6. The van der Waals surface area contributed by atoms with Crippen LogP contribution in [0, 0.1) is 0 Å². The van der Waals surface area contributed by atoms with Crippen molar-refractivity contribution in [1.29, 1.82) is 0 Å². The number of nitrogens with zero attached hydrogens (tertiary/aromatic N) is 1. The van der Waals surface area contributed by atoms with Gasteiger partial charge in [-0.1, -0.05) is 11.6 Å². The molecule has 1 amide bonds. The van der Waals surface area contributed by atoms with Crippen molar-refractivity contribution in [1.82, 2.24) is 10.5 Å². The number of nitrogens with one attached hydrogen (secondary N) is 1. The number of rotatable bonds is 3. The molecule has 1 aliphatic carbocycles. The van der Waals surface area contributed by atoms with E-state index in [4.69, 9.17) is 14.0 Å². The van der Waals surface area contributed by atoms with Gasteiger partial charge in [0, 0.05) is 25.5 Å². The minimum Gasteiger partial charge on any atom is -0.351 e. The average molecular weight is 266 g/mol. The van der Waals surface area contributed by atoms with Crippen molar-refractivity contribution in [2.24, 2.45) is 0 Å². The van der Waals surface area contributed by atoms with Gasteiger partial charge in [0.05, 0.1) is 12.8 Å². The molecule has 1 aliphatic heterocycles. The Labute approximate surface area is 111 Å². The maximum Gasteiger partial charge on any atom is 0.289 e. The topological polar surface area (TPSA) is 73.6 Å². The highest BCUT2D eigenvalue weighted by atomic mass is 16.7. The molecule has 0 unspecified atom stereocenters. The van der Waals surface area contributed by atoms with E-state index >= 15 is 0 Å². The monoisotopic (exact) mass is 266 g/mol. The molecule has 3 rings (SSSR count). The fourth-order valence-electron chi connectivity index (χ4n) is 2.70. The Kier molecular flexibility index (Phi) is 3.52. The first-order chi connectivity index (χ1) is 9.27. The Bertz CT molecular complexity index is 426. The van der Waals surface area contributed by atoms with Crippen LogP contribution >= 0.6 is 0 Å². The molecule has 2 aliphatic rings. The van der Waals surface area contributed by atoms with Crippen LogP contribution in [0.3, 0.4) is 0 Å². The molecular weight excluding hydrogens is 248 g/mol. The zero-order chi connectivity index (χ0) is 13.1. The third kappa shape index (κ3) is 2.79.